The molecule has 350 valence electrons. The molecule has 1 aliphatic rings. The Hall–Kier alpha value is -3.98. The summed E-state index contributed by atoms with van der Waals surface area (Å²) in [7, 11) is 0. The highest BCUT2D eigenvalue weighted by Crippen LogP contribution is 2.41. The number of allylic oxidation sites excluding steroid dienone is 24. The largest absolute Gasteiger partial charge is 0.481 e. The predicted octanol–water partition coefficient (Wildman–Crippen LogP) is 18.7. The summed E-state index contributed by atoms with van der Waals surface area (Å²) in [6, 6.07) is 0. The van der Waals surface area contributed by atoms with Crippen LogP contribution >= 0.6 is 0 Å². The lowest BCUT2D eigenvalue weighted by atomic mass is 9.67. The van der Waals surface area contributed by atoms with Crippen LogP contribution in [0.2, 0.25) is 0 Å². The van der Waals surface area contributed by atoms with Gasteiger partial charge in [0.2, 0.25) is 0 Å². The third kappa shape index (κ3) is 35.1. The Morgan fingerprint density at radius 1 is 0.460 bits per heavy atom. The summed E-state index contributed by atoms with van der Waals surface area (Å²) in [6.07, 6.45) is 82.9. The van der Waals surface area contributed by atoms with Gasteiger partial charge in [-0.2, -0.15) is 0 Å². The molecule has 0 heterocycles. The molecule has 3 heteroatoms. The van der Waals surface area contributed by atoms with Crippen molar-refractivity contribution in [2.24, 2.45) is 11.3 Å². The van der Waals surface area contributed by atoms with E-state index in [0.717, 1.165) is 122 Å². The zero-order valence-corrected chi connectivity index (χ0v) is 40.4. The van der Waals surface area contributed by atoms with Crippen molar-refractivity contribution in [2.45, 2.75) is 206 Å². The van der Waals surface area contributed by atoms with E-state index in [4.69, 9.17) is 0 Å². The highest BCUT2D eigenvalue weighted by Gasteiger charge is 2.42. The zero-order valence-electron chi connectivity index (χ0n) is 40.4. The number of ketones is 1. The fourth-order valence-corrected chi connectivity index (χ4v) is 7.90. The van der Waals surface area contributed by atoms with E-state index in [9.17, 15) is 14.7 Å². The number of carboxylic acids is 1. The van der Waals surface area contributed by atoms with Crippen molar-refractivity contribution < 1.29 is 14.7 Å². The fraction of sp³-hybridized carbons (Fsp3) is 0.567. The molecule has 0 fully saturated rings. The number of hydrogen-bond donors (Lipinski definition) is 1. The van der Waals surface area contributed by atoms with Gasteiger partial charge in [0.15, 0.2) is 5.78 Å². The van der Waals surface area contributed by atoms with E-state index in [1.807, 2.05) is 0 Å². The van der Waals surface area contributed by atoms with Crippen LogP contribution in [-0.4, -0.2) is 16.9 Å². The van der Waals surface area contributed by atoms with Crippen LogP contribution in [0.5, 0.6) is 0 Å². The summed E-state index contributed by atoms with van der Waals surface area (Å²) < 4.78 is 0. The van der Waals surface area contributed by atoms with Gasteiger partial charge in [0, 0.05) is 5.41 Å². The lowest BCUT2D eigenvalue weighted by molar-refractivity contribution is -0.151. The molecule has 0 aliphatic heterocycles. The number of aliphatic carboxylic acids is 1. The number of carbonyl (C=O) groups is 2. The van der Waals surface area contributed by atoms with Crippen molar-refractivity contribution in [3.63, 3.8) is 0 Å². The number of rotatable bonds is 29. The molecule has 0 aromatic rings. The van der Waals surface area contributed by atoms with Gasteiger partial charge in [-0.15, -0.1) is 0 Å². The smallest absolute Gasteiger partial charge is 0.314 e. The molecule has 0 aromatic heterocycles. The molecule has 0 bridgehead atoms. The van der Waals surface area contributed by atoms with E-state index in [1.165, 1.54) is 51.4 Å². The third-order valence-corrected chi connectivity index (χ3v) is 11.7. The minimum Gasteiger partial charge on any atom is -0.481 e. The molecule has 1 aliphatic carbocycles. The molecule has 3 nitrogen and oxygen atoms in total. The van der Waals surface area contributed by atoms with Crippen molar-refractivity contribution in [3.8, 4) is 0 Å². The van der Waals surface area contributed by atoms with Crippen LogP contribution < -0.4 is 0 Å². The molecular weight excluding hydrogens is 769 g/mol. The van der Waals surface area contributed by atoms with Gasteiger partial charge >= 0.3 is 5.97 Å². The highest BCUT2D eigenvalue weighted by molar-refractivity contribution is 6.01. The summed E-state index contributed by atoms with van der Waals surface area (Å²) in [6.45, 7) is 4.48. The van der Waals surface area contributed by atoms with E-state index in [1.54, 1.807) is 0 Å². The molecule has 1 rings (SSSR count). The van der Waals surface area contributed by atoms with Gasteiger partial charge in [0.1, 0.15) is 5.92 Å². The molecule has 0 radical (unpaired) electrons. The van der Waals surface area contributed by atoms with E-state index < -0.39 is 17.3 Å². The van der Waals surface area contributed by atoms with Gasteiger partial charge in [-0.1, -0.05) is 205 Å². The standard InChI is InChI=1S/C60H92O3/c1-3-5-7-9-11-13-15-17-19-25-29-33-37-41-45-49-53-57(59(62)63)58(61)60(54-50-46-42-38-34-30-26-20-18-16-14-12-10-8-6-4-2)55-51-47-43-39-35-31-27-23-21-22-24-28-32-36-40-44-48-52-56-60/h11-14,17-21,23-24,28-31,33-36,40-42,45-46,57H,3-10,15-16,22,25-27,32,37-39,43-44,47-56H2,1-2H3,(H,62,63)/b13-11-,14-12-,19-17-,20-18-,23-21+,28-24+,33-29-,34-30-,35-31+,40-36+,45-41-,46-42-. The zero-order chi connectivity index (χ0) is 45.4. The summed E-state index contributed by atoms with van der Waals surface area (Å²) >= 11 is 0. The van der Waals surface area contributed by atoms with Crippen LogP contribution in [0.25, 0.3) is 0 Å². The average molecular weight is 861 g/mol. The summed E-state index contributed by atoms with van der Waals surface area (Å²) in [5.74, 6) is -1.98. The van der Waals surface area contributed by atoms with E-state index in [0.29, 0.717) is 19.3 Å². The predicted molar refractivity (Wildman–Crippen MR) is 278 cm³/mol. The fourth-order valence-electron chi connectivity index (χ4n) is 7.90. The number of unbranched alkanes of at least 4 members (excludes halogenated alkanes) is 6. The molecule has 63 heavy (non-hydrogen) atoms. The number of Topliss-reactive ketones (excluding diaryl/α,β-unsaturated/α-hetero) is 1. The highest BCUT2D eigenvalue weighted by atomic mass is 16.4. The van der Waals surface area contributed by atoms with E-state index in [-0.39, 0.29) is 5.78 Å². The first kappa shape index (κ1) is 57.0. The normalized spacial score (nSPS) is 20.8. The Balaban J connectivity index is 2.98. The van der Waals surface area contributed by atoms with Gasteiger partial charge in [-0.05, 0) is 148 Å². The monoisotopic (exact) mass is 861 g/mol. The average Bonchev–Trinajstić information content (AvgIpc) is 3.28. The number of carboxylic acid groups (broad SMARTS) is 1. The molecule has 0 amide bonds. The van der Waals surface area contributed by atoms with Crippen LogP contribution in [0.1, 0.15) is 206 Å². The van der Waals surface area contributed by atoms with Crippen molar-refractivity contribution in [3.05, 3.63) is 146 Å². The maximum atomic E-state index is 14.8. The first-order chi connectivity index (χ1) is 31.1. The summed E-state index contributed by atoms with van der Waals surface area (Å²) in [5, 5.41) is 10.6. The van der Waals surface area contributed by atoms with Crippen molar-refractivity contribution in [1.29, 1.82) is 0 Å². The van der Waals surface area contributed by atoms with Gasteiger partial charge in [0.25, 0.3) is 0 Å². The van der Waals surface area contributed by atoms with Crippen LogP contribution in [0, 0.1) is 11.3 Å². The Morgan fingerprint density at radius 3 is 1.25 bits per heavy atom. The molecule has 2 unspecified atom stereocenters. The lowest BCUT2D eigenvalue weighted by Crippen LogP contribution is -2.39. The molecule has 0 spiro atoms. The molecule has 0 saturated heterocycles. The Morgan fingerprint density at radius 2 is 0.825 bits per heavy atom. The molecule has 1 N–H and O–H groups in total. The SMILES string of the molecule is CCCCC/C=C\C/C=C\C/C=C\C/C=C\CCC(C(=O)O)C(=O)C1(CC/C=C\C/C=C\C/C=C\C/C=C\CCCCC)CCCC/C=C/C/C=C/C/C=C/C/C=C/CCCCC1. The first-order valence-electron chi connectivity index (χ1n) is 25.6. The minimum atomic E-state index is -0.982. The molecule has 0 saturated carbocycles. The lowest BCUT2D eigenvalue weighted by Gasteiger charge is -2.35. The van der Waals surface area contributed by atoms with Crippen molar-refractivity contribution in [2.75, 3.05) is 0 Å². The van der Waals surface area contributed by atoms with E-state index in [2.05, 4.69) is 160 Å². The summed E-state index contributed by atoms with van der Waals surface area (Å²) in [5.41, 5.74) is -0.630. The van der Waals surface area contributed by atoms with E-state index >= 15 is 0 Å². The maximum Gasteiger partial charge on any atom is 0.314 e. The number of hydrogen-bond acceptors (Lipinski definition) is 2. The molecular formula is C60H92O3. The minimum absolute atomic E-state index is 0.0347. The maximum absolute atomic E-state index is 14.8. The second-order valence-electron chi connectivity index (χ2n) is 17.3. The number of carbonyl (C=O) groups excluding carboxylic acids is 1. The second-order valence-corrected chi connectivity index (χ2v) is 17.3. The van der Waals surface area contributed by atoms with Crippen LogP contribution in [0.3, 0.4) is 0 Å². The van der Waals surface area contributed by atoms with Gasteiger partial charge in [-0.25, -0.2) is 0 Å². The van der Waals surface area contributed by atoms with Gasteiger partial charge < -0.3 is 5.11 Å². The molecule has 0 aromatic carbocycles. The van der Waals surface area contributed by atoms with Crippen molar-refractivity contribution >= 4 is 11.8 Å². The third-order valence-electron chi connectivity index (χ3n) is 11.7. The Kier molecular flexibility index (Phi) is 40.4. The quantitative estimate of drug-likeness (QED) is 0.0463. The van der Waals surface area contributed by atoms with Crippen LogP contribution in [0.15, 0.2) is 146 Å². The topological polar surface area (TPSA) is 54.4 Å². The van der Waals surface area contributed by atoms with Gasteiger partial charge in [-0.3, -0.25) is 9.59 Å². The Bertz CT molecular complexity index is 1470. The second kappa shape index (κ2) is 44.6. The molecule has 2 atom stereocenters. The van der Waals surface area contributed by atoms with Gasteiger partial charge in [0.05, 0.1) is 0 Å². The summed E-state index contributed by atoms with van der Waals surface area (Å²) in [4.78, 5) is 27.6. The van der Waals surface area contributed by atoms with Crippen molar-refractivity contribution in [1.82, 2.24) is 0 Å². The first-order valence-corrected chi connectivity index (χ1v) is 25.6. The van der Waals surface area contributed by atoms with Crippen LogP contribution in [0.4, 0.5) is 0 Å². The van der Waals surface area contributed by atoms with Crippen LogP contribution in [-0.2, 0) is 9.59 Å². The Labute approximate surface area is 388 Å².